The molecule has 0 saturated heterocycles. The summed E-state index contributed by atoms with van der Waals surface area (Å²) in [4.78, 5) is 0. The number of rotatable bonds is 0. The Morgan fingerprint density at radius 3 is 1.47 bits per heavy atom. The van der Waals surface area contributed by atoms with E-state index in [0.29, 0.717) is 0 Å². The molecule has 0 aliphatic heterocycles. The summed E-state index contributed by atoms with van der Waals surface area (Å²) >= 11 is 0. The third-order valence-corrected chi connectivity index (χ3v) is 3.04. The molecule has 0 heterocycles. The molecule has 0 spiro atoms. The van der Waals surface area contributed by atoms with E-state index in [1.807, 2.05) is 0 Å². The number of hydrogen-bond donors (Lipinski definition) is 0. The van der Waals surface area contributed by atoms with E-state index in [2.05, 4.69) is 71.9 Å². The first-order chi connectivity index (χ1) is 7.64. The van der Waals surface area contributed by atoms with Crippen LogP contribution in [0.4, 0.5) is 0 Å². The van der Waals surface area contributed by atoms with Crippen LogP contribution in [0.3, 0.4) is 0 Å². The van der Waals surface area contributed by atoms with Gasteiger partial charge in [-0.1, -0.05) is 65.8 Å². The van der Waals surface area contributed by atoms with Gasteiger partial charge in [-0.15, -0.1) is 0 Å². The van der Waals surface area contributed by atoms with Crippen LogP contribution in [-0.4, -0.2) is 0 Å². The second kappa shape index (κ2) is 4.53. The molecule has 1 aliphatic carbocycles. The van der Waals surface area contributed by atoms with Crippen molar-refractivity contribution in [2.45, 2.75) is 41.5 Å². The Morgan fingerprint density at radius 2 is 1.24 bits per heavy atom. The zero-order valence-corrected chi connectivity index (χ0v) is 11.8. The molecule has 0 bridgehead atoms. The van der Waals surface area contributed by atoms with Crippen molar-refractivity contribution in [3.8, 4) is 6.07 Å². The highest BCUT2D eigenvalue weighted by Gasteiger charge is 2.22. The van der Waals surface area contributed by atoms with Crippen LogP contribution in [0.2, 0.25) is 0 Å². The van der Waals surface area contributed by atoms with Gasteiger partial charge in [-0.25, -0.2) is 0 Å². The molecular weight excluding hydrogens is 206 g/mol. The third-order valence-electron chi connectivity index (χ3n) is 3.04. The Bertz CT molecular complexity index is 380. The first kappa shape index (κ1) is 13.8. The minimum absolute atomic E-state index is 0.0901. The van der Waals surface area contributed by atoms with Crippen LogP contribution in [0, 0.1) is 28.1 Å². The van der Waals surface area contributed by atoms with Gasteiger partial charge >= 0.3 is 0 Å². The van der Waals surface area contributed by atoms with Gasteiger partial charge in [-0.3, -0.25) is 0 Å². The molecule has 0 aromatic heterocycles. The van der Waals surface area contributed by atoms with Gasteiger partial charge < -0.3 is 0 Å². The number of nitrogens with zero attached hydrogens (tertiary/aromatic N) is 1. The van der Waals surface area contributed by atoms with Crippen molar-refractivity contribution in [1.29, 1.82) is 5.26 Å². The predicted octanol–water partition coefficient (Wildman–Crippen LogP) is 4.64. The predicted molar refractivity (Wildman–Crippen MR) is 73.3 cm³/mol. The van der Waals surface area contributed by atoms with Crippen molar-refractivity contribution < 1.29 is 0 Å². The van der Waals surface area contributed by atoms with Gasteiger partial charge in [0.2, 0.25) is 0 Å². The van der Waals surface area contributed by atoms with Crippen molar-refractivity contribution in [2.24, 2.45) is 16.7 Å². The van der Waals surface area contributed by atoms with Gasteiger partial charge in [0.05, 0.1) is 12.0 Å². The lowest BCUT2D eigenvalue weighted by Gasteiger charge is -2.21. The molecule has 0 aromatic carbocycles. The molecular formula is C16H23N. The summed E-state index contributed by atoms with van der Waals surface area (Å²) < 4.78 is 0. The first-order valence-electron chi connectivity index (χ1n) is 6.17. The molecule has 0 unspecified atom stereocenters. The second-order valence-corrected chi connectivity index (χ2v) is 6.73. The Hall–Kier alpha value is -1.29. The summed E-state index contributed by atoms with van der Waals surface area (Å²) in [5.74, 6) is -0.117. The van der Waals surface area contributed by atoms with Crippen LogP contribution in [0.15, 0.2) is 35.5 Å². The molecule has 1 nitrogen and oxygen atoms in total. The minimum Gasteiger partial charge on any atom is -0.197 e. The Balaban J connectivity index is 3.18. The fraction of sp³-hybridized carbons (Fsp3) is 0.562. The molecule has 0 N–H and O–H groups in total. The van der Waals surface area contributed by atoms with Crippen LogP contribution in [0.25, 0.3) is 0 Å². The van der Waals surface area contributed by atoms with Crippen molar-refractivity contribution in [3.05, 3.63) is 35.5 Å². The van der Waals surface area contributed by atoms with Crippen molar-refractivity contribution in [3.63, 3.8) is 0 Å². The summed E-state index contributed by atoms with van der Waals surface area (Å²) in [6, 6.07) is 2.36. The summed E-state index contributed by atoms with van der Waals surface area (Å²) in [5, 5.41) is 9.22. The SMILES string of the molecule is CC(C)(C)C1=CC(C#N)C=C(C(C)(C)C)C=C1. The van der Waals surface area contributed by atoms with Crippen LogP contribution in [0.1, 0.15) is 41.5 Å². The molecule has 0 aromatic rings. The Kier molecular flexibility index (Phi) is 3.67. The summed E-state index contributed by atoms with van der Waals surface area (Å²) in [6.07, 6.45) is 8.48. The highest BCUT2D eigenvalue weighted by Crippen LogP contribution is 2.34. The van der Waals surface area contributed by atoms with Crippen molar-refractivity contribution in [1.82, 2.24) is 0 Å². The molecule has 0 fully saturated rings. The minimum atomic E-state index is -0.117. The topological polar surface area (TPSA) is 23.8 Å². The molecule has 0 radical (unpaired) electrons. The molecule has 1 rings (SSSR count). The molecule has 0 saturated carbocycles. The average Bonchev–Trinajstić information content (AvgIpc) is 2.37. The highest BCUT2D eigenvalue weighted by molar-refractivity contribution is 5.40. The average molecular weight is 229 g/mol. The van der Waals surface area contributed by atoms with Crippen LogP contribution in [0.5, 0.6) is 0 Å². The van der Waals surface area contributed by atoms with E-state index in [1.54, 1.807) is 0 Å². The molecule has 0 amide bonds. The zero-order chi connectivity index (χ0) is 13.3. The van der Waals surface area contributed by atoms with E-state index in [1.165, 1.54) is 11.1 Å². The van der Waals surface area contributed by atoms with Gasteiger partial charge in [-0.2, -0.15) is 5.26 Å². The van der Waals surface area contributed by atoms with E-state index in [-0.39, 0.29) is 16.7 Å². The molecule has 92 valence electrons. The summed E-state index contributed by atoms with van der Waals surface area (Å²) in [5.41, 5.74) is 2.65. The van der Waals surface area contributed by atoms with Crippen molar-refractivity contribution >= 4 is 0 Å². The maximum atomic E-state index is 9.22. The molecule has 1 aliphatic rings. The second-order valence-electron chi connectivity index (χ2n) is 6.73. The Labute approximate surface area is 106 Å². The van der Waals surface area contributed by atoms with Crippen LogP contribution in [-0.2, 0) is 0 Å². The fourth-order valence-corrected chi connectivity index (χ4v) is 1.80. The fourth-order valence-electron chi connectivity index (χ4n) is 1.80. The van der Waals surface area contributed by atoms with Gasteiger partial charge in [0.1, 0.15) is 0 Å². The molecule has 1 heteroatoms. The van der Waals surface area contributed by atoms with E-state index in [9.17, 15) is 5.26 Å². The van der Waals surface area contributed by atoms with Crippen molar-refractivity contribution in [2.75, 3.05) is 0 Å². The monoisotopic (exact) mass is 229 g/mol. The largest absolute Gasteiger partial charge is 0.197 e. The van der Waals surface area contributed by atoms with Gasteiger partial charge in [-0.05, 0) is 22.0 Å². The Morgan fingerprint density at radius 1 is 0.882 bits per heavy atom. The maximum Gasteiger partial charge on any atom is 0.0836 e. The smallest absolute Gasteiger partial charge is 0.0836 e. The summed E-state index contributed by atoms with van der Waals surface area (Å²) in [7, 11) is 0. The highest BCUT2D eigenvalue weighted by atomic mass is 14.3. The molecule has 17 heavy (non-hydrogen) atoms. The normalized spacial score (nSPS) is 18.2. The number of allylic oxidation sites excluding steroid dienone is 6. The van der Waals surface area contributed by atoms with E-state index in [0.717, 1.165) is 0 Å². The lowest BCUT2D eigenvalue weighted by Crippen LogP contribution is -2.08. The van der Waals surface area contributed by atoms with Crippen LogP contribution < -0.4 is 0 Å². The van der Waals surface area contributed by atoms with E-state index < -0.39 is 0 Å². The number of nitriles is 1. The molecule has 0 atom stereocenters. The maximum absolute atomic E-state index is 9.22. The van der Waals surface area contributed by atoms with E-state index >= 15 is 0 Å². The van der Waals surface area contributed by atoms with Gasteiger partial charge in [0, 0.05) is 0 Å². The third kappa shape index (κ3) is 3.60. The summed E-state index contributed by atoms with van der Waals surface area (Å²) in [6.45, 7) is 13.1. The standard InChI is InChI=1S/C16H23N/c1-15(2,3)13-7-8-14(16(4,5)6)10-12(9-13)11-17/h7-10,12H,1-6H3. The lowest BCUT2D eigenvalue weighted by molar-refractivity contribution is 0.512. The first-order valence-corrected chi connectivity index (χ1v) is 6.17. The number of hydrogen-bond acceptors (Lipinski definition) is 1. The lowest BCUT2D eigenvalue weighted by atomic mass is 9.84. The van der Waals surface area contributed by atoms with Gasteiger partial charge in [0.25, 0.3) is 0 Å². The zero-order valence-electron chi connectivity index (χ0n) is 11.8. The quantitative estimate of drug-likeness (QED) is 0.593. The van der Waals surface area contributed by atoms with Gasteiger partial charge in [0.15, 0.2) is 0 Å². The van der Waals surface area contributed by atoms with E-state index in [4.69, 9.17) is 0 Å². The van der Waals surface area contributed by atoms with Crippen LogP contribution >= 0.6 is 0 Å².